The van der Waals surface area contributed by atoms with Crippen molar-refractivity contribution >= 4 is 15.9 Å². The topological polar surface area (TPSA) is 88.2 Å². The summed E-state index contributed by atoms with van der Waals surface area (Å²) in [5.41, 5.74) is 4.50. The highest BCUT2D eigenvalue weighted by Crippen LogP contribution is 2.32. The third-order valence-corrected chi connectivity index (χ3v) is 9.17. The van der Waals surface area contributed by atoms with E-state index in [0.29, 0.717) is 49.1 Å². The summed E-state index contributed by atoms with van der Waals surface area (Å²) in [6.45, 7) is 11.8. The smallest absolute Gasteiger partial charge is 0.243 e. The van der Waals surface area contributed by atoms with E-state index in [4.69, 9.17) is 9.47 Å². The van der Waals surface area contributed by atoms with Crippen molar-refractivity contribution in [2.45, 2.75) is 52.1 Å². The molecule has 2 aromatic rings. The third-order valence-electron chi connectivity index (χ3n) is 7.00. The number of rotatable bonds is 6. The van der Waals surface area contributed by atoms with Crippen molar-refractivity contribution in [1.29, 1.82) is 0 Å². The van der Waals surface area contributed by atoms with Crippen molar-refractivity contribution in [3.63, 3.8) is 0 Å². The van der Waals surface area contributed by atoms with Gasteiger partial charge in [0.2, 0.25) is 22.7 Å². The molecule has 2 aromatic carbocycles. The average molecular weight is 488 g/mol. The number of ether oxygens (including phenoxy) is 2. The van der Waals surface area contributed by atoms with E-state index >= 15 is 0 Å². The molecule has 0 saturated carbocycles. The van der Waals surface area contributed by atoms with Crippen LogP contribution >= 0.6 is 0 Å². The Hall–Kier alpha value is -2.62. The molecule has 1 amide bonds. The number of carbonyl (C=O) groups excluding carboxylic acids is 1. The second-order valence-corrected chi connectivity index (χ2v) is 11.0. The summed E-state index contributed by atoms with van der Waals surface area (Å²) in [5.74, 6) is 1.31. The Labute approximate surface area is 201 Å². The van der Waals surface area contributed by atoms with E-state index in [-0.39, 0.29) is 18.7 Å². The van der Waals surface area contributed by atoms with E-state index in [9.17, 15) is 13.2 Å². The van der Waals surface area contributed by atoms with E-state index < -0.39 is 10.0 Å². The van der Waals surface area contributed by atoms with Crippen LogP contribution in [0.3, 0.4) is 0 Å². The number of benzene rings is 2. The molecule has 1 saturated heterocycles. The summed E-state index contributed by atoms with van der Waals surface area (Å²) in [7, 11) is -3.61. The van der Waals surface area contributed by atoms with Gasteiger partial charge in [0, 0.05) is 32.7 Å². The second kappa shape index (κ2) is 9.56. The van der Waals surface area contributed by atoms with Gasteiger partial charge in [-0.1, -0.05) is 12.1 Å². The molecule has 1 N–H and O–H groups in total. The minimum atomic E-state index is -3.61. The minimum Gasteiger partial charge on any atom is -0.454 e. The highest BCUT2D eigenvalue weighted by atomic mass is 32.2. The molecule has 0 spiro atoms. The van der Waals surface area contributed by atoms with E-state index in [2.05, 4.69) is 5.32 Å². The Kier molecular flexibility index (Phi) is 6.89. The van der Waals surface area contributed by atoms with Crippen LogP contribution in [0.4, 0.5) is 0 Å². The van der Waals surface area contributed by atoms with Crippen LogP contribution in [0.2, 0.25) is 0 Å². The van der Waals surface area contributed by atoms with Gasteiger partial charge in [-0.15, -0.1) is 0 Å². The van der Waals surface area contributed by atoms with Crippen molar-refractivity contribution in [3.8, 4) is 11.5 Å². The maximum Gasteiger partial charge on any atom is 0.243 e. The zero-order chi connectivity index (χ0) is 24.6. The molecular formula is C25H33N3O5S. The van der Waals surface area contributed by atoms with Crippen molar-refractivity contribution in [1.82, 2.24) is 14.5 Å². The molecule has 0 radical (unpaired) electrons. The van der Waals surface area contributed by atoms with Gasteiger partial charge in [0.1, 0.15) is 0 Å². The minimum absolute atomic E-state index is 0.0880. The highest BCUT2D eigenvalue weighted by Gasteiger charge is 2.34. The first-order valence-corrected chi connectivity index (χ1v) is 13.0. The van der Waals surface area contributed by atoms with Gasteiger partial charge in [0.15, 0.2) is 11.5 Å². The number of aryl methyl sites for hydroxylation is 2. The summed E-state index contributed by atoms with van der Waals surface area (Å²) in [4.78, 5) is 15.2. The average Bonchev–Trinajstić information content (AvgIpc) is 3.29. The van der Waals surface area contributed by atoms with Crippen LogP contribution in [-0.2, 0) is 21.4 Å². The maximum absolute atomic E-state index is 13.5. The summed E-state index contributed by atoms with van der Waals surface area (Å²) < 4.78 is 39.2. The number of carbonyl (C=O) groups is 1. The van der Waals surface area contributed by atoms with Crippen LogP contribution in [-0.4, -0.2) is 62.5 Å². The molecule has 0 aliphatic carbocycles. The predicted octanol–water partition coefficient (Wildman–Crippen LogP) is 2.66. The standard InChI is InChI=1S/C25H33N3O5S/c1-16-12-17(2)19(4)24(18(16)3)34(30,31)28-10-8-27(9-11-28)20(5)25(29)26-14-21-6-7-22-23(13-21)33-15-32-22/h6-7,12-13,20H,8-11,14-15H2,1-5H3,(H,26,29). The van der Waals surface area contributed by atoms with Crippen LogP contribution < -0.4 is 14.8 Å². The van der Waals surface area contributed by atoms with Crippen LogP contribution in [0.1, 0.15) is 34.7 Å². The van der Waals surface area contributed by atoms with Crippen molar-refractivity contribution < 1.29 is 22.7 Å². The molecule has 184 valence electrons. The lowest BCUT2D eigenvalue weighted by Gasteiger charge is -2.37. The monoisotopic (exact) mass is 487 g/mol. The normalized spacial score (nSPS) is 17.6. The van der Waals surface area contributed by atoms with Gasteiger partial charge in [-0.25, -0.2) is 8.42 Å². The van der Waals surface area contributed by atoms with Crippen molar-refractivity contribution in [2.75, 3.05) is 33.0 Å². The highest BCUT2D eigenvalue weighted by molar-refractivity contribution is 7.89. The Morgan fingerprint density at radius 2 is 1.59 bits per heavy atom. The Bertz CT molecular complexity index is 1180. The summed E-state index contributed by atoms with van der Waals surface area (Å²) >= 11 is 0. The Morgan fingerprint density at radius 3 is 2.24 bits per heavy atom. The first-order chi connectivity index (χ1) is 16.1. The fourth-order valence-electron chi connectivity index (χ4n) is 4.58. The quantitative estimate of drug-likeness (QED) is 0.674. The van der Waals surface area contributed by atoms with Gasteiger partial charge in [-0.3, -0.25) is 9.69 Å². The van der Waals surface area contributed by atoms with E-state index in [0.717, 1.165) is 27.8 Å². The second-order valence-electron chi connectivity index (χ2n) is 9.11. The van der Waals surface area contributed by atoms with E-state index in [1.54, 1.807) is 4.31 Å². The van der Waals surface area contributed by atoms with Gasteiger partial charge >= 0.3 is 0 Å². The zero-order valence-electron chi connectivity index (χ0n) is 20.5. The number of hydrogen-bond acceptors (Lipinski definition) is 6. The molecule has 1 unspecified atom stereocenters. The number of nitrogens with zero attached hydrogens (tertiary/aromatic N) is 2. The number of fused-ring (bicyclic) bond motifs is 1. The van der Waals surface area contributed by atoms with Crippen molar-refractivity contribution in [2.24, 2.45) is 0 Å². The molecule has 0 bridgehead atoms. The zero-order valence-corrected chi connectivity index (χ0v) is 21.3. The van der Waals surface area contributed by atoms with E-state index in [1.165, 1.54) is 0 Å². The summed E-state index contributed by atoms with van der Waals surface area (Å²) in [6, 6.07) is 7.29. The van der Waals surface area contributed by atoms with Gasteiger partial charge in [0.05, 0.1) is 10.9 Å². The lowest BCUT2D eigenvalue weighted by molar-refractivity contribution is -0.126. The molecule has 2 heterocycles. The molecule has 2 aliphatic heterocycles. The number of sulfonamides is 1. The largest absolute Gasteiger partial charge is 0.454 e. The van der Waals surface area contributed by atoms with Gasteiger partial charge in [0.25, 0.3) is 0 Å². The maximum atomic E-state index is 13.5. The fraction of sp³-hybridized carbons (Fsp3) is 0.480. The molecule has 1 fully saturated rings. The van der Waals surface area contributed by atoms with Crippen LogP contribution in [0.5, 0.6) is 11.5 Å². The number of nitrogens with one attached hydrogen (secondary N) is 1. The predicted molar refractivity (Wildman–Crippen MR) is 130 cm³/mol. The number of piperazine rings is 1. The molecule has 1 atom stereocenters. The SMILES string of the molecule is Cc1cc(C)c(C)c(S(=O)(=O)N2CCN(C(C)C(=O)NCc3ccc4c(c3)OCO4)CC2)c1C. The summed E-state index contributed by atoms with van der Waals surface area (Å²) in [6.07, 6.45) is 0. The molecule has 4 rings (SSSR count). The number of hydrogen-bond donors (Lipinski definition) is 1. The Balaban J connectivity index is 1.36. The lowest BCUT2D eigenvalue weighted by Crippen LogP contribution is -2.54. The first-order valence-electron chi connectivity index (χ1n) is 11.6. The van der Waals surface area contributed by atoms with Crippen LogP contribution in [0.25, 0.3) is 0 Å². The molecule has 9 heteroatoms. The van der Waals surface area contributed by atoms with Crippen LogP contribution in [0.15, 0.2) is 29.2 Å². The molecule has 8 nitrogen and oxygen atoms in total. The Morgan fingerprint density at radius 1 is 0.971 bits per heavy atom. The van der Waals surface area contributed by atoms with Crippen molar-refractivity contribution in [3.05, 3.63) is 52.1 Å². The van der Waals surface area contributed by atoms with Gasteiger partial charge in [-0.2, -0.15) is 4.31 Å². The molecular weight excluding hydrogens is 454 g/mol. The van der Waals surface area contributed by atoms with Crippen LogP contribution in [0, 0.1) is 27.7 Å². The lowest BCUT2D eigenvalue weighted by atomic mass is 10.0. The third kappa shape index (κ3) is 4.64. The van der Waals surface area contributed by atoms with E-state index in [1.807, 2.05) is 63.8 Å². The fourth-order valence-corrected chi connectivity index (χ4v) is 6.58. The number of amides is 1. The molecule has 2 aliphatic rings. The first kappa shape index (κ1) is 24.5. The summed E-state index contributed by atoms with van der Waals surface area (Å²) in [5, 5.41) is 2.97. The molecule has 34 heavy (non-hydrogen) atoms. The van der Waals surface area contributed by atoms with Gasteiger partial charge in [-0.05, 0) is 74.6 Å². The molecule has 0 aromatic heterocycles. The van der Waals surface area contributed by atoms with Gasteiger partial charge < -0.3 is 14.8 Å².